The van der Waals surface area contributed by atoms with Crippen LogP contribution in [0.1, 0.15) is 47.7 Å². The summed E-state index contributed by atoms with van der Waals surface area (Å²) in [5.41, 5.74) is 1.26. The van der Waals surface area contributed by atoms with E-state index in [2.05, 4.69) is 10.6 Å². The molecule has 1 aliphatic carbocycles. The van der Waals surface area contributed by atoms with Gasteiger partial charge in [0, 0.05) is 35.5 Å². The molecule has 1 saturated carbocycles. The van der Waals surface area contributed by atoms with Gasteiger partial charge in [-0.2, -0.15) is 11.3 Å². The van der Waals surface area contributed by atoms with Crippen molar-refractivity contribution in [3.05, 3.63) is 58.3 Å². The molecule has 2 amide bonds. The van der Waals surface area contributed by atoms with Gasteiger partial charge in [0.05, 0.1) is 0 Å². The van der Waals surface area contributed by atoms with Crippen LogP contribution in [-0.2, 0) is 14.3 Å². The Morgan fingerprint density at radius 2 is 1.93 bits per heavy atom. The zero-order chi connectivity index (χ0) is 19.1. The topological polar surface area (TPSA) is 84.5 Å². The normalized spacial score (nSPS) is 14.2. The summed E-state index contributed by atoms with van der Waals surface area (Å²) in [6, 6.07) is 10.9. The molecule has 142 valence electrons. The van der Waals surface area contributed by atoms with Gasteiger partial charge in [0.25, 0.3) is 11.8 Å². The molecule has 1 atom stereocenters. The monoisotopic (exact) mass is 386 g/mol. The third-order valence-corrected chi connectivity index (χ3v) is 4.82. The lowest BCUT2D eigenvalue weighted by atomic mass is 10.1. The molecule has 1 fully saturated rings. The summed E-state index contributed by atoms with van der Waals surface area (Å²) in [7, 11) is 0. The number of amides is 2. The fraction of sp³-hybridized carbons (Fsp3) is 0.350. The second-order valence-electron chi connectivity index (χ2n) is 6.43. The first-order chi connectivity index (χ1) is 13.1. The number of carbonyl (C=O) groups is 3. The van der Waals surface area contributed by atoms with E-state index in [1.807, 2.05) is 11.4 Å². The highest BCUT2D eigenvalue weighted by Crippen LogP contribution is 2.23. The maximum absolute atomic E-state index is 12.4. The summed E-state index contributed by atoms with van der Waals surface area (Å²) in [6.45, 7) is 0.369. The second kappa shape index (κ2) is 9.32. The number of rotatable bonds is 9. The lowest BCUT2D eigenvalue weighted by Crippen LogP contribution is -2.33. The number of thiophene rings is 1. The Morgan fingerprint density at radius 3 is 2.59 bits per heavy atom. The van der Waals surface area contributed by atoms with E-state index in [1.165, 1.54) is 11.3 Å². The van der Waals surface area contributed by atoms with E-state index in [0.717, 1.165) is 12.8 Å². The summed E-state index contributed by atoms with van der Waals surface area (Å²) in [6.07, 6.45) is 1.56. The molecule has 0 saturated heterocycles. The average Bonchev–Trinajstić information content (AvgIpc) is 3.31. The van der Waals surface area contributed by atoms with Crippen molar-refractivity contribution in [1.82, 2.24) is 10.6 Å². The molecular formula is C20H22N2O4S. The van der Waals surface area contributed by atoms with E-state index >= 15 is 0 Å². The second-order valence-corrected chi connectivity index (χ2v) is 7.21. The molecule has 1 aromatic heterocycles. The molecule has 1 aromatic carbocycles. The number of benzene rings is 1. The van der Waals surface area contributed by atoms with Gasteiger partial charge >= 0.3 is 5.97 Å². The zero-order valence-corrected chi connectivity index (χ0v) is 15.7. The maximum atomic E-state index is 12.4. The highest BCUT2D eigenvalue weighted by atomic mass is 32.1. The lowest BCUT2D eigenvalue weighted by Gasteiger charge is -2.18. The van der Waals surface area contributed by atoms with Crippen molar-refractivity contribution in [2.24, 2.45) is 0 Å². The zero-order valence-electron chi connectivity index (χ0n) is 14.9. The molecule has 1 unspecified atom stereocenters. The smallest absolute Gasteiger partial charge is 0.306 e. The Bertz CT molecular complexity index is 773. The molecule has 0 aliphatic heterocycles. The van der Waals surface area contributed by atoms with Crippen LogP contribution in [-0.4, -0.2) is 30.4 Å². The van der Waals surface area contributed by atoms with E-state index in [-0.39, 0.29) is 24.3 Å². The molecule has 6 nitrogen and oxygen atoms in total. The number of ether oxygens (including phenoxy) is 1. The Kier molecular flexibility index (Phi) is 6.59. The summed E-state index contributed by atoms with van der Waals surface area (Å²) in [5.74, 6) is -0.905. The van der Waals surface area contributed by atoms with Gasteiger partial charge in [0.2, 0.25) is 6.10 Å². The fourth-order valence-corrected chi connectivity index (χ4v) is 3.16. The molecular weight excluding hydrogens is 364 g/mol. The van der Waals surface area contributed by atoms with E-state index in [9.17, 15) is 14.4 Å². The highest BCUT2D eigenvalue weighted by molar-refractivity contribution is 7.08. The molecule has 0 bridgehead atoms. The number of hydrogen-bond donors (Lipinski definition) is 2. The number of hydrogen-bond acceptors (Lipinski definition) is 5. The quantitative estimate of drug-likeness (QED) is 0.513. The van der Waals surface area contributed by atoms with E-state index in [4.69, 9.17) is 4.74 Å². The molecule has 3 rings (SSSR count). The summed E-state index contributed by atoms with van der Waals surface area (Å²) < 4.78 is 5.44. The van der Waals surface area contributed by atoms with Crippen molar-refractivity contribution in [2.75, 3.05) is 6.54 Å². The van der Waals surface area contributed by atoms with Crippen LogP contribution in [0, 0.1) is 0 Å². The van der Waals surface area contributed by atoms with Gasteiger partial charge in [-0.25, -0.2) is 0 Å². The lowest BCUT2D eigenvalue weighted by molar-refractivity contribution is -0.156. The predicted octanol–water partition coefficient (Wildman–Crippen LogP) is 2.82. The summed E-state index contributed by atoms with van der Waals surface area (Å²) in [4.78, 5) is 36.5. The molecule has 0 radical (unpaired) electrons. The number of nitrogens with one attached hydrogen (secondary N) is 2. The van der Waals surface area contributed by atoms with Gasteiger partial charge in [-0.1, -0.05) is 30.3 Å². The van der Waals surface area contributed by atoms with Gasteiger partial charge in [0.15, 0.2) is 0 Å². The number of esters is 1. The standard InChI is InChI=1S/C20H22N2O4S/c23-17(7-4-11-21-19(24)15-10-12-27-13-15)26-18(14-5-2-1-3-6-14)20(25)22-16-8-9-16/h1-3,5-6,10,12-13,16,18H,4,7-9,11H2,(H,21,24)(H,22,25). The Balaban J connectivity index is 1.47. The number of carbonyl (C=O) groups excluding carboxylic acids is 3. The van der Waals surface area contributed by atoms with Crippen LogP contribution in [0.3, 0.4) is 0 Å². The van der Waals surface area contributed by atoms with Crippen molar-refractivity contribution in [3.63, 3.8) is 0 Å². The van der Waals surface area contributed by atoms with Crippen molar-refractivity contribution in [2.45, 2.75) is 37.8 Å². The van der Waals surface area contributed by atoms with Crippen LogP contribution < -0.4 is 10.6 Å². The molecule has 0 spiro atoms. The average molecular weight is 386 g/mol. The Labute approximate surface area is 161 Å². The fourth-order valence-electron chi connectivity index (χ4n) is 2.53. The van der Waals surface area contributed by atoms with Crippen LogP contribution in [0.25, 0.3) is 0 Å². The minimum absolute atomic E-state index is 0.129. The van der Waals surface area contributed by atoms with Gasteiger partial charge < -0.3 is 15.4 Å². The van der Waals surface area contributed by atoms with E-state index < -0.39 is 12.1 Å². The van der Waals surface area contributed by atoms with Crippen molar-refractivity contribution in [1.29, 1.82) is 0 Å². The summed E-state index contributed by atoms with van der Waals surface area (Å²) in [5, 5.41) is 9.25. The molecule has 7 heteroatoms. The third kappa shape index (κ3) is 5.92. The Morgan fingerprint density at radius 1 is 1.15 bits per heavy atom. The van der Waals surface area contributed by atoms with Crippen molar-refractivity contribution < 1.29 is 19.1 Å². The largest absolute Gasteiger partial charge is 0.447 e. The van der Waals surface area contributed by atoms with Crippen LogP contribution in [0.15, 0.2) is 47.2 Å². The van der Waals surface area contributed by atoms with Crippen molar-refractivity contribution in [3.8, 4) is 0 Å². The third-order valence-electron chi connectivity index (χ3n) is 4.14. The van der Waals surface area contributed by atoms with E-state index in [0.29, 0.717) is 24.1 Å². The molecule has 27 heavy (non-hydrogen) atoms. The van der Waals surface area contributed by atoms with Gasteiger partial charge in [-0.05, 0) is 30.7 Å². The first kappa shape index (κ1) is 19.1. The minimum atomic E-state index is -0.945. The minimum Gasteiger partial charge on any atom is -0.447 e. The van der Waals surface area contributed by atoms with Crippen LogP contribution >= 0.6 is 11.3 Å². The highest BCUT2D eigenvalue weighted by Gasteiger charge is 2.30. The predicted molar refractivity (Wildman–Crippen MR) is 102 cm³/mol. The molecule has 2 N–H and O–H groups in total. The van der Waals surface area contributed by atoms with Crippen molar-refractivity contribution >= 4 is 29.1 Å². The molecule has 1 aliphatic rings. The van der Waals surface area contributed by atoms with Gasteiger partial charge in [-0.15, -0.1) is 0 Å². The van der Waals surface area contributed by atoms with Gasteiger partial charge in [-0.3, -0.25) is 14.4 Å². The van der Waals surface area contributed by atoms with Gasteiger partial charge in [0.1, 0.15) is 0 Å². The van der Waals surface area contributed by atoms with Crippen LogP contribution in [0.2, 0.25) is 0 Å². The molecule has 1 heterocycles. The first-order valence-corrected chi connectivity index (χ1v) is 9.93. The summed E-state index contributed by atoms with van der Waals surface area (Å²) >= 11 is 1.46. The maximum Gasteiger partial charge on any atom is 0.306 e. The van der Waals surface area contributed by atoms with Crippen LogP contribution in [0.4, 0.5) is 0 Å². The SMILES string of the molecule is O=C(CCCNC(=O)c1ccsc1)OC(C(=O)NC1CC1)c1ccccc1. The van der Waals surface area contributed by atoms with E-state index in [1.54, 1.807) is 35.7 Å². The van der Waals surface area contributed by atoms with Crippen LogP contribution in [0.5, 0.6) is 0 Å². The first-order valence-electron chi connectivity index (χ1n) is 8.98. The molecule has 2 aromatic rings. The Hall–Kier alpha value is -2.67.